The van der Waals surface area contributed by atoms with Crippen LogP contribution in [-0.4, -0.2) is 29.8 Å². The van der Waals surface area contributed by atoms with Crippen molar-refractivity contribution in [1.29, 1.82) is 0 Å². The van der Waals surface area contributed by atoms with Crippen LogP contribution in [0.1, 0.15) is 11.1 Å². The van der Waals surface area contributed by atoms with Crippen LogP contribution in [0.4, 0.5) is 38.0 Å². The summed E-state index contributed by atoms with van der Waals surface area (Å²) in [5.74, 6) is -1.39. The summed E-state index contributed by atoms with van der Waals surface area (Å²) in [6.45, 7) is -0.127. The Balaban J connectivity index is 2.42. The molecule has 0 spiro atoms. The lowest BCUT2D eigenvalue weighted by Gasteiger charge is -2.21. The van der Waals surface area contributed by atoms with E-state index in [0.29, 0.717) is 11.9 Å². The van der Waals surface area contributed by atoms with Crippen LogP contribution < -0.4 is 9.64 Å². The SMILES string of the molecule is Cc1ccccc1N(C)c1ncc(C(F)(F)F)c(OCC(F)(F)F)n1. The first kappa shape index (κ1) is 18.8. The molecule has 4 nitrogen and oxygen atoms in total. The molecule has 1 heterocycles. The van der Waals surface area contributed by atoms with Gasteiger partial charge in [-0.15, -0.1) is 0 Å². The van der Waals surface area contributed by atoms with Gasteiger partial charge in [-0.2, -0.15) is 31.3 Å². The Kier molecular flexibility index (Phi) is 5.09. The smallest absolute Gasteiger partial charge is 0.423 e. The lowest BCUT2D eigenvalue weighted by molar-refractivity contribution is -0.159. The van der Waals surface area contributed by atoms with Crippen LogP contribution in [0.5, 0.6) is 5.88 Å². The van der Waals surface area contributed by atoms with Gasteiger partial charge in [-0.25, -0.2) is 4.98 Å². The van der Waals surface area contributed by atoms with Crippen LogP contribution in [0.2, 0.25) is 0 Å². The molecule has 0 fully saturated rings. The number of benzene rings is 1. The van der Waals surface area contributed by atoms with Gasteiger partial charge in [0.05, 0.1) is 0 Å². The number of halogens is 6. The van der Waals surface area contributed by atoms with E-state index in [1.54, 1.807) is 31.2 Å². The minimum Gasteiger partial charge on any atom is -0.467 e. The highest BCUT2D eigenvalue weighted by molar-refractivity contribution is 5.61. The van der Waals surface area contributed by atoms with Gasteiger partial charge in [0, 0.05) is 18.9 Å². The number of hydrogen-bond donors (Lipinski definition) is 0. The van der Waals surface area contributed by atoms with Gasteiger partial charge < -0.3 is 9.64 Å². The first-order chi connectivity index (χ1) is 11.5. The predicted octanol–water partition coefficient (Wildman–Crippen LogP) is 4.51. The summed E-state index contributed by atoms with van der Waals surface area (Å²) in [6, 6.07) is 6.89. The molecule has 1 aromatic carbocycles. The van der Waals surface area contributed by atoms with Crippen LogP contribution in [0, 0.1) is 6.92 Å². The maximum atomic E-state index is 12.9. The second kappa shape index (κ2) is 6.77. The van der Waals surface area contributed by atoms with Crippen molar-refractivity contribution in [2.24, 2.45) is 0 Å². The minimum atomic E-state index is -4.94. The third kappa shape index (κ3) is 4.74. The second-order valence-corrected chi connectivity index (χ2v) is 5.14. The molecule has 0 bridgehead atoms. The van der Waals surface area contributed by atoms with E-state index in [0.717, 1.165) is 5.56 Å². The zero-order valence-electron chi connectivity index (χ0n) is 13.1. The van der Waals surface area contributed by atoms with Crippen molar-refractivity contribution < 1.29 is 31.1 Å². The first-order valence-corrected chi connectivity index (χ1v) is 6.92. The highest BCUT2D eigenvalue weighted by Gasteiger charge is 2.38. The van der Waals surface area contributed by atoms with Crippen molar-refractivity contribution in [3.8, 4) is 5.88 Å². The van der Waals surface area contributed by atoms with E-state index in [2.05, 4.69) is 14.7 Å². The molecular formula is C15H13F6N3O. The molecule has 0 amide bonds. The molecule has 2 aromatic rings. The zero-order chi connectivity index (χ0) is 18.8. The fourth-order valence-electron chi connectivity index (χ4n) is 2.02. The van der Waals surface area contributed by atoms with Crippen LogP contribution >= 0.6 is 0 Å². The Bertz CT molecular complexity index is 745. The largest absolute Gasteiger partial charge is 0.467 e. The van der Waals surface area contributed by atoms with Crippen molar-refractivity contribution in [2.45, 2.75) is 19.3 Å². The molecular weight excluding hydrogens is 352 g/mol. The molecule has 0 saturated carbocycles. The predicted molar refractivity (Wildman–Crippen MR) is 77.8 cm³/mol. The number of aryl methyl sites for hydroxylation is 1. The Morgan fingerprint density at radius 2 is 1.72 bits per heavy atom. The van der Waals surface area contributed by atoms with Gasteiger partial charge in [0.15, 0.2) is 6.61 Å². The monoisotopic (exact) mass is 365 g/mol. The molecule has 0 aliphatic heterocycles. The lowest BCUT2D eigenvalue weighted by atomic mass is 10.2. The number of ether oxygens (including phenoxy) is 1. The molecule has 25 heavy (non-hydrogen) atoms. The number of rotatable bonds is 4. The van der Waals surface area contributed by atoms with E-state index >= 15 is 0 Å². The molecule has 0 saturated heterocycles. The summed E-state index contributed by atoms with van der Waals surface area (Å²) in [5.41, 5.74) is -0.103. The van der Waals surface area contributed by atoms with Gasteiger partial charge in [-0.3, -0.25) is 0 Å². The number of para-hydroxylation sites is 1. The lowest BCUT2D eigenvalue weighted by Crippen LogP contribution is -2.23. The Labute approximate surface area is 139 Å². The van der Waals surface area contributed by atoms with Gasteiger partial charge in [-0.05, 0) is 18.6 Å². The molecule has 1 aromatic heterocycles. The standard InChI is InChI=1S/C15H13F6N3O/c1-9-5-3-4-6-11(9)24(2)13-22-7-10(15(19,20)21)12(23-13)25-8-14(16,17)18/h3-7H,8H2,1-2H3. The fourth-order valence-corrected chi connectivity index (χ4v) is 2.02. The number of anilines is 2. The number of nitrogens with zero attached hydrogens (tertiary/aromatic N) is 3. The van der Waals surface area contributed by atoms with E-state index in [4.69, 9.17) is 0 Å². The molecule has 0 N–H and O–H groups in total. The Morgan fingerprint density at radius 3 is 2.28 bits per heavy atom. The average Bonchev–Trinajstić information content (AvgIpc) is 2.51. The van der Waals surface area contributed by atoms with Crippen LogP contribution in [0.15, 0.2) is 30.5 Å². The van der Waals surface area contributed by atoms with Crippen LogP contribution in [0.25, 0.3) is 0 Å². The Morgan fingerprint density at radius 1 is 1.08 bits per heavy atom. The number of aromatic nitrogens is 2. The molecule has 0 aliphatic rings. The summed E-state index contributed by atoms with van der Waals surface area (Å²) < 4.78 is 79.9. The van der Waals surface area contributed by atoms with E-state index < -0.39 is 30.4 Å². The summed E-state index contributed by atoms with van der Waals surface area (Å²) in [4.78, 5) is 8.49. The summed E-state index contributed by atoms with van der Waals surface area (Å²) in [6.07, 6.45) is -9.33. The van der Waals surface area contributed by atoms with Crippen LogP contribution in [0.3, 0.4) is 0 Å². The number of alkyl halides is 6. The van der Waals surface area contributed by atoms with E-state index in [1.165, 1.54) is 11.9 Å². The molecule has 0 aliphatic carbocycles. The average molecular weight is 365 g/mol. The summed E-state index contributed by atoms with van der Waals surface area (Å²) in [5, 5.41) is 0. The van der Waals surface area contributed by atoms with Crippen molar-refractivity contribution in [3.63, 3.8) is 0 Å². The van der Waals surface area contributed by atoms with Gasteiger partial charge in [0.25, 0.3) is 0 Å². The molecule has 10 heteroatoms. The van der Waals surface area contributed by atoms with Crippen molar-refractivity contribution >= 4 is 11.6 Å². The molecule has 0 unspecified atom stereocenters. The van der Waals surface area contributed by atoms with Gasteiger partial charge in [0.1, 0.15) is 5.56 Å². The molecule has 0 radical (unpaired) electrons. The van der Waals surface area contributed by atoms with E-state index in [9.17, 15) is 26.3 Å². The first-order valence-electron chi connectivity index (χ1n) is 6.92. The topological polar surface area (TPSA) is 38.2 Å². The van der Waals surface area contributed by atoms with E-state index in [1.807, 2.05) is 0 Å². The molecule has 0 atom stereocenters. The Hall–Kier alpha value is -2.52. The zero-order valence-corrected chi connectivity index (χ0v) is 13.1. The summed E-state index contributed by atoms with van der Waals surface area (Å²) in [7, 11) is 1.48. The molecule has 2 rings (SSSR count). The van der Waals surface area contributed by atoms with Crippen molar-refractivity contribution in [3.05, 3.63) is 41.6 Å². The van der Waals surface area contributed by atoms with Crippen molar-refractivity contribution in [1.82, 2.24) is 9.97 Å². The number of hydrogen-bond acceptors (Lipinski definition) is 4. The highest BCUT2D eigenvalue weighted by atomic mass is 19.4. The van der Waals surface area contributed by atoms with Gasteiger partial charge >= 0.3 is 12.4 Å². The molecule has 136 valence electrons. The third-order valence-corrected chi connectivity index (χ3v) is 3.20. The fraction of sp³-hybridized carbons (Fsp3) is 0.333. The van der Waals surface area contributed by atoms with Crippen molar-refractivity contribution in [2.75, 3.05) is 18.6 Å². The minimum absolute atomic E-state index is 0.223. The quantitative estimate of drug-likeness (QED) is 0.747. The third-order valence-electron chi connectivity index (χ3n) is 3.20. The second-order valence-electron chi connectivity index (χ2n) is 5.14. The maximum absolute atomic E-state index is 12.9. The normalized spacial score (nSPS) is 12.2. The maximum Gasteiger partial charge on any atom is 0.423 e. The van der Waals surface area contributed by atoms with E-state index in [-0.39, 0.29) is 5.95 Å². The van der Waals surface area contributed by atoms with Gasteiger partial charge in [0.2, 0.25) is 11.8 Å². The van der Waals surface area contributed by atoms with Crippen LogP contribution in [-0.2, 0) is 6.18 Å². The highest BCUT2D eigenvalue weighted by Crippen LogP contribution is 2.36. The summed E-state index contributed by atoms with van der Waals surface area (Å²) >= 11 is 0. The van der Waals surface area contributed by atoms with Gasteiger partial charge in [-0.1, -0.05) is 18.2 Å².